The van der Waals surface area contributed by atoms with E-state index < -0.39 is 68.2 Å². The van der Waals surface area contributed by atoms with Gasteiger partial charge in [0.2, 0.25) is 35.4 Å². The molecule has 7 N–H and O–H groups in total. The second kappa shape index (κ2) is 32.3. The number of hydrogen-bond acceptors (Lipinski definition) is 16. The molecule has 1 aliphatic heterocycles. The van der Waals surface area contributed by atoms with Gasteiger partial charge in [-0.1, -0.05) is 62.4 Å². The van der Waals surface area contributed by atoms with Gasteiger partial charge in [0.1, 0.15) is 31.0 Å². The third-order valence-corrected chi connectivity index (χ3v) is 17.0. The molecule has 89 heavy (non-hydrogen) atoms. The maximum Gasteiger partial charge on any atom is 0.286 e. The zero-order chi connectivity index (χ0) is 65.3. The lowest BCUT2D eigenvalue weighted by Gasteiger charge is -2.26. The Bertz CT molecular complexity index is 3540. The first-order valence-corrected chi connectivity index (χ1v) is 31.7. The van der Waals surface area contributed by atoms with Crippen LogP contribution >= 0.6 is 12.6 Å². The number of carbonyl (C=O) groups excluding carboxylic acids is 8. The van der Waals surface area contributed by atoms with Crippen LogP contribution < -0.4 is 46.1 Å². The van der Waals surface area contributed by atoms with E-state index in [4.69, 9.17) is 14.2 Å². The maximum atomic E-state index is 13.9. The van der Waals surface area contributed by atoms with Crippen molar-refractivity contribution in [1.29, 1.82) is 0 Å². The molecular weight excluding hydrogens is 1180 g/mol. The van der Waals surface area contributed by atoms with Gasteiger partial charge in [0, 0.05) is 79.2 Å². The molecule has 0 radical (unpaired) electrons. The van der Waals surface area contributed by atoms with Crippen LogP contribution in [-0.4, -0.2) is 114 Å². The highest BCUT2D eigenvalue weighted by Gasteiger charge is 2.36. The quantitative estimate of drug-likeness (QED) is 0.00641. The highest BCUT2D eigenvalue weighted by molar-refractivity contribution is 7.86. The van der Waals surface area contributed by atoms with Gasteiger partial charge in [-0.25, -0.2) is 0 Å². The first kappa shape index (κ1) is 69.8. The van der Waals surface area contributed by atoms with Crippen LogP contribution in [0.3, 0.4) is 0 Å². The van der Waals surface area contributed by atoms with Crippen molar-refractivity contribution in [2.24, 2.45) is 11.8 Å². The minimum absolute atomic E-state index is 0.0139. The molecule has 1 saturated heterocycles. The molecule has 6 rings (SSSR count). The molecule has 0 aliphatic carbocycles. The summed E-state index contributed by atoms with van der Waals surface area (Å²) in [6.07, 6.45) is 1.92. The van der Waals surface area contributed by atoms with Crippen LogP contribution in [0, 0.1) is 32.6 Å². The Morgan fingerprint density at radius 2 is 1.25 bits per heavy atom. The number of unbranched alkanes of at least 4 members (excludes halogenated alkanes) is 1. The number of ketones is 2. The largest absolute Gasteiger partial charge is 0.493 e. The minimum atomic E-state index is -4.76. The maximum absolute atomic E-state index is 13.9. The Morgan fingerprint density at radius 1 is 0.685 bits per heavy atom. The molecular formula is C66H83N7O14S2. The van der Waals surface area contributed by atoms with E-state index in [-0.39, 0.29) is 104 Å². The zero-order valence-corrected chi connectivity index (χ0v) is 53.9. The van der Waals surface area contributed by atoms with Crippen molar-refractivity contribution < 1.29 is 65.5 Å². The van der Waals surface area contributed by atoms with Crippen LogP contribution in [0.2, 0.25) is 0 Å². The van der Waals surface area contributed by atoms with Crippen LogP contribution in [0.15, 0.2) is 91.0 Å². The summed E-state index contributed by atoms with van der Waals surface area (Å²) in [6, 6.07) is 25.1. The molecule has 23 heteroatoms. The molecule has 1 aliphatic rings. The molecule has 6 amide bonds. The van der Waals surface area contributed by atoms with Gasteiger partial charge in [-0.15, -0.1) is 0 Å². The van der Waals surface area contributed by atoms with E-state index in [1.807, 2.05) is 50.2 Å². The topological polar surface area (TPSA) is 294 Å². The Morgan fingerprint density at radius 3 is 1.82 bits per heavy atom. The number of rotatable bonds is 33. The predicted molar refractivity (Wildman–Crippen MR) is 344 cm³/mol. The highest BCUT2D eigenvalue weighted by atomic mass is 32.2. The van der Waals surface area contributed by atoms with Crippen LogP contribution in [0.5, 0.6) is 17.2 Å². The van der Waals surface area contributed by atoms with Crippen LogP contribution in [0.25, 0.3) is 0 Å². The van der Waals surface area contributed by atoms with Gasteiger partial charge in [0.15, 0.2) is 28.4 Å². The van der Waals surface area contributed by atoms with Gasteiger partial charge in [0.25, 0.3) is 10.1 Å². The van der Waals surface area contributed by atoms with E-state index in [2.05, 4.69) is 70.5 Å². The number of imide groups is 1. The number of likely N-dealkylation sites (tertiary alicyclic amines) is 1. The number of Topliss-reactive ketones (excluding diaryl/α,β-unsaturated/α-hetero) is 2. The predicted octanol–water partition coefficient (Wildman–Crippen LogP) is 8.66. The van der Waals surface area contributed by atoms with Crippen LogP contribution in [-0.2, 0) is 64.9 Å². The minimum Gasteiger partial charge on any atom is -0.493 e. The van der Waals surface area contributed by atoms with Crippen molar-refractivity contribution in [3.8, 4) is 17.2 Å². The van der Waals surface area contributed by atoms with Crippen LogP contribution in [0.4, 0.5) is 17.1 Å². The number of hydrogen-bond donors (Lipinski definition) is 8. The number of nitrogens with one attached hydrogen (secondary N) is 6. The molecule has 0 bridgehead atoms. The third kappa shape index (κ3) is 20.4. The molecule has 0 saturated carbocycles. The summed E-state index contributed by atoms with van der Waals surface area (Å²) in [7, 11) is -3.38. The van der Waals surface area contributed by atoms with E-state index in [1.54, 1.807) is 37.3 Å². The normalized spacial score (nSPS) is 14.8. The molecule has 3 unspecified atom stereocenters. The number of amides is 6. The van der Waals surface area contributed by atoms with Gasteiger partial charge in [-0.05, 0) is 155 Å². The molecule has 5 aromatic carbocycles. The Kier molecular flexibility index (Phi) is 25.3. The van der Waals surface area contributed by atoms with Crippen molar-refractivity contribution >= 4 is 86.8 Å². The Labute approximate surface area is 526 Å². The van der Waals surface area contributed by atoms with Crippen molar-refractivity contribution in [3.63, 3.8) is 0 Å². The van der Waals surface area contributed by atoms with E-state index in [9.17, 15) is 51.3 Å². The second-order valence-electron chi connectivity index (χ2n) is 22.9. The first-order valence-electron chi connectivity index (χ1n) is 29.6. The summed E-state index contributed by atoms with van der Waals surface area (Å²) in [5.74, 6) is -3.05. The number of nitrogens with zero attached hydrogens (tertiary/aromatic N) is 1. The second-order valence-corrected chi connectivity index (χ2v) is 25.1. The Balaban J connectivity index is 1.17. The average molecular weight is 1260 g/mol. The Hall–Kier alpha value is -8.28. The number of methoxy groups -OCH3 is 1. The van der Waals surface area contributed by atoms with Crippen molar-refractivity contribution in [1.82, 2.24) is 20.9 Å². The lowest BCUT2D eigenvalue weighted by molar-refractivity contribution is -0.138. The van der Waals surface area contributed by atoms with Crippen molar-refractivity contribution in [2.45, 2.75) is 143 Å². The van der Waals surface area contributed by atoms with Gasteiger partial charge >= 0.3 is 0 Å². The summed E-state index contributed by atoms with van der Waals surface area (Å²) in [5, 5.41) is 15.0. The molecule has 6 atom stereocenters. The number of aryl methyl sites for hydroxylation is 3. The summed E-state index contributed by atoms with van der Waals surface area (Å²) < 4.78 is 55.2. The number of ether oxygens (including phenoxy) is 3. The van der Waals surface area contributed by atoms with Gasteiger partial charge in [-0.3, -0.25) is 47.8 Å². The van der Waals surface area contributed by atoms with E-state index in [0.29, 0.717) is 53.1 Å². The molecule has 0 spiro atoms. The molecule has 21 nitrogen and oxygen atoms in total. The van der Waals surface area contributed by atoms with Gasteiger partial charge < -0.3 is 46.1 Å². The van der Waals surface area contributed by atoms with Gasteiger partial charge in [0.05, 0.1) is 12.4 Å². The molecule has 0 aromatic heterocycles. The van der Waals surface area contributed by atoms with Crippen molar-refractivity contribution in [3.05, 3.63) is 141 Å². The number of anilines is 3. The fourth-order valence-electron chi connectivity index (χ4n) is 10.3. The van der Waals surface area contributed by atoms with E-state index >= 15 is 0 Å². The summed E-state index contributed by atoms with van der Waals surface area (Å²) in [6.45, 7) is 15.9. The lowest BCUT2D eigenvalue weighted by atomic mass is 9.97. The van der Waals surface area contributed by atoms with Gasteiger partial charge in [-0.2, -0.15) is 21.0 Å². The molecule has 478 valence electrons. The SMILES string of the molecule is COc1cc(C(C)=O)c(NC(C(C)Cc2ccccc2C)S(=O)(=O)O)cc1OCc1cc(COc2cc(NC[C@@H](C)Cc3ccccc3C)c(C(C)=O)cc2C)cc(NC(=O)[C@H](C)NC(=O)[C@H](C)NC(=O)CCCCC(=O)NCCN2C(=O)CC(S)C2=O)c1. The highest BCUT2D eigenvalue weighted by Crippen LogP contribution is 2.37. The average Bonchev–Trinajstić information content (AvgIpc) is 3.80. The van der Waals surface area contributed by atoms with E-state index in [0.717, 1.165) is 22.4 Å². The fraction of sp³-hybridized carbons (Fsp3) is 0.424. The smallest absolute Gasteiger partial charge is 0.286 e. The standard InChI is InChI=1S/C66H83N7O14S2/c1-38(25-49-19-13-11-17-39(49)2)35-68-54-32-56(41(4)27-52(54)45(8)74)86-36-47-28-48(37-87-58-33-55(53(46(9)75)31-57(58)85-10)72-65(89(82,83)84)42(5)26-50-20-14-12-18-40(50)3)30-51(29-47)71-64(80)44(7)70-63(79)43(6)69-61(77)22-16-15-21-60(76)67-23-24-73-62(78)34-59(88)66(73)81/h11-14,17-20,27-33,38,42-44,59,65,68,72,88H,15-16,21-26,34-37H2,1-10H3,(H,67,76)(H,69,77)(H,70,79)(H,71,80)(H,82,83,84)/t38-,42?,43-,44-,59?,65?/m0/s1. The lowest BCUT2D eigenvalue weighted by Crippen LogP contribution is -2.50. The summed E-state index contributed by atoms with van der Waals surface area (Å²) in [4.78, 5) is 104. The fourth-order valence-corrected chi connectivity index (χ4v) is 11.5. The summed E-state index contributed by atoms with van der Waals surface area (Å²) in [5.41, 5.74) is 7.53. The first-order chi connectivity index (χ1) is 42.1. The number of benzene rings is 5. The molecule has 1 fully saturated rings. The zero-order valence-electron chi connectivity index (χ0n) is 52.2. The molecule has 5 aromatic rings. The van der Waals surface area contributed by atoms with Crippen LogP contribution in [0.1, 0.15) is 133 Å². The summed E-state index contributed by atoms with van der Waals surface area (Å²) >= 11 is 4.10. The van der Waals surface area contributed by atoms with E-state index in [1.165, 1.54) is 58.1 Å². The third-order valence-electron chi connectivity index (χ3n) is 15.4. The number of carbonyl (C=O) groups is 8. The molecule has 1 heterocycles. The van der Waals surface area contributed by atoms with Crippen molar-refractivity contribution in [2.75, 3.05) is 42.7 Å². The monoisotopic (exact) mass is 1260 g/mol. The number of thiol groups is 1.